The van der Waals surface area contributed by atoms with Crippen LogP contribution in [0.2, 0.25) is 0 Å². The highest BCUT2D eigenvalue weighted by molar-refractivity contribution is 5.63. The molecule has 0 amide bonds. The number of hydrogen-bond acceptors (Lipinski definition) is 1. The van der Waals surface area contributed by atoms with Crippen molar-refractivity contribution in [2.24, 2.45) is 0 Å². The predicted molar refractivity (Wildman–Crippen MR) is 92.0 cm³/mol. The van der Waals surface area contributed by atoms with Gasteiger partial charge in [-0.25, -0.2) is 0 Å². The van der Waals surface area contributed by atoms with E-state index < -0.39 is 0 Å². The molecule has 0 saturated carbocycles. The average Bonchev–Trinajstić information content (AvgIpc) is 2.61. The van der Waals surface area contributed by atoms with Crippen LogP contribution >= 0.6 is 0 Å². The van der Waals surface area contributed by atoms with Crippen molar-refractivity contribution in [3.05, 3.63) is 96.4 Å². The number of methoxy groups -OCH3 is 1. The van der Waals surface area contributed by atoms with E-state index in [0.29, 0.717) is 0 Å². The lowest BCUT2D eigenvalue weighted by atomic mass is 10.0. The third-order valence-electron chi connectivity index (χ3n) is 3.75. The minimum Gasteiger partial charge on any atom is -0.497 e. The smallest absolute Gasteiger partial charge is 0.118 e. The molecular formula is C21H19O. The molecule has 3 rings (SSSR count). The highest BCUT2D eigenvalue weighted by Crippen LogP contribution is 2.20. The van der Waals surface area contributed by atoms with Gasteiger partial charge in [0.2, 0.25) is 0 Å². The average molecular weight is 287 g/mol. The van der Waals surface area contributed by atoms with Gasteiger partial charge >= 0.3 is 0 Å². The van der Waals surface area contributed by atoms with Crippen molar-refractivity contribution in [3.63, 3.8) is 0 Å². The van der Waals surface area contributed by atoms with Crippen molar-refractivity contribution in [1.82, 2.24) is 0 Å². The van der Waals surface area contributed by atoms with Crippen molar-refractivity contribution >= 4 is 0 Å². The summed E-state index contributed by atoms with van der Waals surface area (Å²) < 4.78 is 5.18. The fourth-order valence-electron chi connectivity index (χ4n) is 2.44. The number of rotatable bonds is 5. The molecule has 3 aromatic carbocycles. The fraction of sp³-hybridized carbons (Fsp3) is 0.0952. The van der Waals surface area contributed by atoms with Crippen LogP contribution in [0.5, 0.6) is 5.75 Å². The number of benzene rings is 3. The molecule has 3 aromatic rings. The lowest BCUT2D eigenvalue weighted by molar-refractivity contribution is 0.414. The van der Waals surface area contributed by atoms with E-state index in [2.05, 4.69) is 67.1 Å². The van der Waals surface area contributed by atoms with Gasteiger partial charge in [0.25, 0.3) is 0 Å². The third-order valence-corrected chi connectivity index (χ3v) is 3.75. The fourth-order valence-corrected chi connectivity index (χ4v) is 2.44. The van der Waals surface area contributed by atoms with Gasteiger partial charge in [-0.05, 0) is 47.2 Å². The molecule has 0 aliphatic heterocycles. The number of ether oxygens (including phenoxy) is 1. The van der Waals surface area contributed by atoms with E-state index in [9.17, 15) is 0 Å². The largest absolute Gasteiger partial charge is 0.497 e. The van der Waals surface area contributed by atoms with Crippen molar-refractivity contribution in [1.29, 1.82) is 0 Å². The highest BCUT2D eigenvalue weighted by Gasteiger charge is 2.00. The maximum atomic E-state index is 5.18. The molecule has 0 saturated heterocycles. The molecule has 109 valence electrons. The van der Waals surface area contributed by atoms with Crippen LogP contribution in [0.15, 0.2) is 78.9 Å². The minimum atomic E-state index is 0.899. The van der Waals surface area contributed by atoms with E-state index in [0.717, 1.165) is 12.2 Å². The quantitative estimate of drug-likeness (QED) is 0.630. The molecule has 1 radical (unpaired) electrons. The third kappa shape index (κ3) is 3.56. The first-order chi connectivity index (χ1) is 10.8. The topological polar surface area (TPSA) is 9.23 Å². The highest BCUT2D eigenvalue weighted by atomic mass is 16.5. The molecule has 0 atom stereocenters. The molecule has 0 unspecified atom stereocenters. The van der Waals surface area contributed by atoms with Crippen molar-refractivity contribution < 1.29 is 4.74 Å². The molecule has 0 aromatic heterocycles. The van der Waals surface area contributed by atoms with Gasteiger partial charge in [-0.3, -0.25) is 0 Å². The van der Waals surface area contributed by atoms with Crippen LogP contribution in [0, 0.1) is 6.42 Å². The summed E-state index contributed by atoms with van der Waals surface area (Å²) in [5, 5.41) is 0. The van der Waals surface area contributed by atoms with Crippen LogP contribution in [0.3, 0.4) is 0 Å². The molecule has 0 N–H and O–H groups in total. The Bertz CT molecular complexity index is 697. The maximum Gasteiger partial charge on any atom is 0.118 e. The Morgan fingerprint density at radius 1 is 0.727 bits per heavy atom. The van der Waals surface area contributed by atoms with Crippen LogP contribution in [0.1, 0.15) is 11.1 Å². The van der Waals surface area contributed by atoms with Gasteiger partial charge in [-0.2, -0.15) is 0 Å². The molecular weight excluding hydrogens is 268 g/mol. The second kappa shape index (κ2) is 6.95. The Balaban J connectivity index is 1.63. The van der Waals surface area contributed by atoms with E-state index in [1.165, 1.54) is 22.3 Å². The van der Waals surface area contributed by atoms with E-state index >= 15 is 0 Å². The summed E-state index contributed by atoms with van der Waals surface area (Å²) in [4.78, 5) is 0. The molecule has 0 fully saturated rings. The van der Waals surface area contributed by atoms with Gasteiger partial charge in [0.05, 0.1) is 7.11 Å². The van der Waals surface area contributed by atoms with E-state index in [1.54, 1.807) is 7.11 Å². The van der Waals surface area contributed by atoms with Gasteiger partial charge < -0.3 is 4.74 Å². The summed E-state index contributed by atoms with van der Waals surface area (Å²) in [5.41, 5.74) is 5.04. The lowest BCUT2D eigenvalue weighted by Gasteiger charge is -2.06. The second-order valence-electron chi connectivity index (χ2n) is 5.24. The predicted octanol–water partition coefficient (Wildman–Crippen LogP) is 5.16. The molecule has 0 bridgehead atoms. The van der Waals surface area contributed by atoms with E-state index in [-0.39, 0.29) is 0 Å². The zero-order chi connectivity index (χ0) is 15.2. The summed E-state index contributed by atoms with van der Waals surface area (Å²) in [7, 11) is 1.69. The van der Waals surface area contributed by atoms with E-state index in [4.69, 9.17) is 4.74 Å². The van der Waals surface area contributed by atoms with Gasteiger partial charge in [0.1, 0.15) is 5.75 Å². The molecule has 0 aliphatic rings. The summed E-state index contributed by atoms with van der Waals surface area (Å²) in [5.74, 6) is 0.899. The van der Waals surface area contributed by atoms with Crippen LogP contribution in [-0.2, 0) is 6.42 Å². The Morgan fingerprint density at radius 3 is 2.00 bits per heavy atom. The summed E-state index contributed by atoms with van der Waals surface area (Å²) in [6.45, 7) is 0. The Hall–Kier alpha value is -2.54. The lowest BCUT2D eigenvalue weighted by Crippen LogP contribution is -1.90. The summed E-state index contributed by atoms with van der Waals surface area (Å²) >= 11 is 0. The first kappa shape index (κ1) is 14.4. The standard InChI is InChI=1S/C21H19O/c1-22-21-15-11-18(12-16-21)8-7-17-9-13-20(14-10-17)19-5-3-2-4-6-19/h2-7,9-16H,8H2,1H3. The molecule has 0 heterocycles. The monoisotopic (exact) mass is 287 g/mol. The zero-order valence-corrected chi connectivity index (χ0v) is 12.7. The van der Waals surface area contributed by atoms with Gasteiger partial charge in [-0.15, -0.1) is 0 Å². The normalized spacial score (nSPS) is 10.4. The second-order valence-corrected chi connectivity index (χ2v) is 5.24. The maximum absolute atomic E-state index is 5.18. The number of hydrogen-bond donors (Lipinski definition) is 0. The first-order valence-electron chi connectivity index (χ1n) is 7.47. The van der Waals surface area contributed by atoms with Gasteiger partial charge in [0.15, 0.2) is 0 Å². The first-order valence-corrected chi connectivity index (χ1v) is 7.47. The Labute approximate surface area is 132 Å². The Kier molecular flexibility index (Phi) is 4.55. The van der Waals surface area contributed by atoms with Crippen molar-refractivity contribution in [2.75, 3.05) is 7.11 Å². The van der Waals surface area contributed by atoms with Crippen molar-refractivity contribution in [3.8, 4) is 16.9 Å². The summed E-state index contributed by atoms with van der Waals surface area (Å²) in [6.07, 6.45) is 3.17. The molecule has 0 aliphatic carbocycles. The van der Waals surface area contributed by atoms with Crippen molar-refractivity contribution in [2.45, 2.75) is 6.42 Å². The minimum absolute atomic E-state index is 0.899. The molecule has 22 heavy (non-hydrogen) atoms. The van der Waals surface area contributed by atoms with Crippen LogP contribution in [-0.4, -0.2) is 7.11 Å². The summed E-state index contributed by atoms with van der Waals surface area (Å²) in [6, 6.07) is 27.4. The molecule has 1 heteroatoms. The SMILES string of the molecule is COc1ccc(C[CH]c2ccc(-c3ccccc3)cc2)cc1. The van der Waals surface area contributed by atoms with Crippen LogP contribution in [0.4, 0.5) is 0 Å². The molecule has 0 spiro atoms. The van der Waals surface area contributed by atoms with E-state index in [1.807, 2.05) is 18.2 Å². The Morgan fingerprint density at radius 2 is 1.36 bits per heavy atom. The van der Waals surface area contributed by atoms with Gasteiger partial charge in [0, 0.05) is 0 Å². The zero-order valence-electron chi connectivity index (χ0n) is 12.7. The van der Waals surface area contributed by atoms with Gasteiger partial charge in [-0.1, -0.05) is 66.7 Å². The molecule has 1 nitrogen and oxygen atoms in total. The van der Waals surface area contributed by atoms with Crippen LogP contribution < -0.4 is 4.74 Å². The van der Waals surface area contributed by atoms with Crippen LogP contribution in [0.25, 0.3) is 11.1 Å².